The lowest BCUT2D eigenvalue weighted by Crippen LogP contribution is -2.43. The van der Waals surface area contributed by atoms with Gasteiger partial charge in [0.2, 0.25) is 15.9 Å². The number of para-hydroxylation sites is 1. The van der Waals surface area contributed by atoms with Crippen LogP contribution in [0.1, 0.15) is 22.3 Å². The summed E-state index contributed by atoms with van der Waals surface area (Å²) >= 11 is 0. The summed E-state index contributed by atoms with van der Waals surface area (Å²) in [7, 11) is -2.57. The zero-order chi connectivity index (χ0) is 30.2. The van der Waals surface area contributed by atoms with Gasteiger partial charge in [0, 0.05) is 49.3 Å². The summed E-state index contributed by atoms with van der Waals surface area (Å²) in [6, 6.07) is 21.2. The maximum Gasteiger partial charge on any atom is 0.416 e. The van der Waals surface area contributed by atoms with Gasteiger partial charge in [-0.25, -0.2) is 8.42 Å². The van der Waals surface area contributed by atoms with Crippen LogP contribution in [0.3, 0.4) is 0 Å². The van der Waals surface area contributed by atoms with E-state index in [0.717, 1.165) is 38.3 Å². The molecule has 1 N–H and O–H groups in total. The fourth-order valence-electron chi connectivity index (χ4n) is 4.46. The molecule has 4 aromatic rings. The molecular formula is C31H32F3N3O4S. The Hall–Kier alpha value is -3.93. The van der Waals surface area contributed by atoms with E-state index < -0.39 is 34.2 Å². The highest BCUT2D eigenvalue weighted by Gasteiger charge is 2.30. The first kappa shape index (κ1) is 31.0. The number of benzene rings is 3. The molecule has 3 aromatic carbocycles. The molecule has 7 nitrogen and oxygen atoms in total. The number of carbonyl (C=O) groups excluding carboxylic acids is 1. The number of nitrogens with one attached hydrogen (secondary N) is 1. The number of aromatic amines is 1. The van der Waals surface area contributed by atoms with E-state index in [-0.39, 0.29) is 26.2 Å². The molecule has 4 rings (SSSR count). The minimum atomic E-state index is -4.48. The van der Waals surface area contributed by atoms with Crippen LogP contribution in [-0.2, 0) is 38.7 Å². The van der Waals surface area contributed by atoms with Crippen molar-refractivity contribution in [1.82, 2.24) is 14.2 Å². The minimum absolute atomic E-state index is 0.0113. The summed E-state index contributed by atoms with van der Waals surface area (Å²) in [5.41, 5.74) is 2.29. The summed E-state index contributed by atoms with van der Waals surface area (Å²) in [6.07, 6.45) is -0.715. The Balaban J connectivity index is 1.57. The molecule has 0 aliphatic rings. The van der Waals surface area contributed by atoms with E-state index in [2.05, 4.69) is 4.98 Å². The van der Waals surface area contributed by atoms with Gasteiger partial charge in [0.25, 0.3) is 0 Å². The zero-order valence-electron chi connectivity index (χ0n) is 23.0. The van der Waals surface area contributed by atoms with Gasteiger partial charge in [-0.3, -0.25) is 4.79 Å². The molecule has 11 heteroatoms. The van der Waals surface area contributed by atoms with Gasteiger partial charge in [-0.2, -0.15) is 17.5 Å². The van der Waals surface area contributed by atoms with Gasteiger partial charge < -0.3 is 14.6 Å². The summed E-state index contributed by atoms with van der Waals surface area (Å²) in [5, 5.41) is 2.05. The fourth-order valence-corrected chi connectivity index (χ4v) is 5.58. The van der Waals surface area contributed by atoms with E-state index in [9.17, 15) is 26.4 Å². The maximum absolute atomic E-state index is 13.7. The molecule has 0 radical (unpaired) electrons. The average Bonchev–Trinajstić information content (AvgIpc) is 3.39. The first-order valence-corrected chi connectivity index (χ1v) is 14.8. The van der Waals surface area contributed by atoms with Crippen LogP contribution in [0.15, 0.2) is 90.5 Å². The van der Waals surface area contributed by atoms with Gasteiger partial charge >= 0.3 is 6.18 Å². The lowest BCUT2D eigenvalue weighted by molar-refractivity contribution is -0.137. The lowest BCUT2D eigenvalue weighted by Gasteiger charge is -2.27. The number of amides is 1. The Bertz CT molecular complexity index is 1600. The molecule has 0 spiro atoms. The van der Waals surface area contributed by atoms with E-state index in [1.807, 2.05) is 36.5 Å². The smallest absolute Gasteiger partial charge is 0.383 e. The molecule has 222 valence electrons. The molecule has 0 unspecified atom stereocenters. The summed E-state index contributed by atoms with van der Waals surface area (Å²) < 4.78 is 71.9. The summed E-state index contributed by atoms with van der Waals surface area (Å²) in [6.45, 7) is -0.212. The van der Waals surface area contributed by atoms with Gasteiger partial charge in [-0.05, 0) is 47.4 Å². The number of carbonyl (C=O) groups is 1. The van der Waals surface area contributed by atoms with Crippen molar-refractivity contribution >= 4 is 32.9 Å². The standard InChI is InChI=1S/C31H32F3N3O4S/c1-41-19-18-37(42(39,40)20-16-24-7-3-2-4-8-24)23-30(38)36(22-25-11-13-27(14-12-25)31(32,33)34)17-15-26-21-35-29-10-6-5-9-28(26)29/h2-14,16,20-21,35H,15,17-19,22-23H2,1H3. The Morgan fingerprint density at radius 1 is 0.952 bits per heavy atom. The molecular weight excluding hydrogens is 567 g/mol. The molecule has 42 heavy (non-hydrogen) atoms. The van der Waals surface area contributed by atoms with Gasteiger partial charge in [-0.15, -0.1) is 0 Å². The van der Waals surface area contributed by atoms with Crippen molar-refractivity contribution in [2.75, 3.05) is 33.4 Å². The predicted octanol–water partition coefficient (Wildman–Crippen LogP) is 5.71. The van der Waals surface area contributed by atoms with E-state index in [0.29, 0.717) is 17.5 Å². The SMILES string of the molecule is COCCN(CC(=O)N(CCc1c[nH]c2ccccc12)Cc1ccc(C(F)(F)F)cc1)S(=O)(=O)C=Cc1ccccc1. The van der Waals surface area contributed by atoms with Crippen LogP contribution in [0.2, 0.25) is 0 Å². The normalized spacial score (nSPS) is 12.4. The third kappa shape index (κ3) is 8.31. The molecule has 0 atom stereocenters. The van der Waals surface area contributed by atoms with E-state index in [1.165, 1.54) is 30.2 Å². The highest BCUT2D eigenvalue weighted by molar-refractivity contribution is 7.92. The van der Waals surface area contributed by atoms with Crippen molar-refractivity contribution in [2.24, 2.45) is 0 Å². The monoisotopic (exact) mass is 599 g/mol. The topological polar surface area (TPSA) is 82.7 Å². The number of methoxy groups -OCH3 is 1. The summed E-state index contributed by atoms with van der Waals surface area (Å²) in [5.74, 6) is -0.484. The molecule has 0 aliphatic carbocycles. The molecule has 1 aromatic heterocycles. The van der Waals surface area contributed by atoms with Gasteiger partial charge in [0.15, 0.2) is 0 Å². The highest BCUT2D eigenvalue weighted by atomic mass is 32.2. The number of ether oxygens (including phenoxy) is 1. The average molecular weight is 600 g/mol. The van der Waals surface area contributed by atoms with Crippen LogP contribution in [0, 0.1) is 0 Å². The molecule has 1 heterocycles. The zero-order valence-corrected chi connectivity index (χ0v) is 23.9. The molecule has 0 aliphatic heterocycles. The van der Waals surface area contributed by atoms with Crippen LogP contribution < -0.4 is 0 Å². The Kier molecular flexibility index (Phi) is 10.2. The quantitative estimate of drug-likeness (QED) is 0.214. The number of H-pyrrole nitrogens is 1. The number of fused-ring (bicyclic) bond motifs is 1. The number of hydrogen-bond acceptors (Lipinski definition) is 4. The molecule has 0 bridgehead atoms. The van der Waals surface area contributed by atoms with Gasteiger partial charge in [0.05, 0.1) is 18.7 Å². The van der Waals surface area contributed by atoms with E-state index in [1.54, 1.807) is 24.3 Å². The van der Waals surface area contributed by atoms with Gasteiger partial charge in [-0.1, -0.05) is 60.7 Å². The molecule has 0 saturated carbocycles. The van der Waals surface area contributed by atoms with Crippen molar-refractivity contribution in [3.63, 3.8) is 0 Å². The van der Waals surface area contributed by atoms with Crippen molar-refractivity contribution in [1.29, 1.82) is 0 Å². The predicted molar refractivity (Wildman–Crippen MR) is 157 cm³/mol. The molecule has 0 fully saturated rings. The lowest BCUT2D eigenvalue weighted by atomic mass is 10.1. The third-order valence-corrected chi connectivity index (χ3v) is 8.29. The van der Waals surface area contributed by atoms with Crippen molar-refractivity contribution in [2.45, 2.75) is 19.1 Å². The Morgan fingerprint density at radius 3 is 2.33 bits per heavy atom. The number of rotatable bonds is 13. The van der Waals surface area contributed by atoms with Crippen molar-refractivity contribution < 1.29 is 31.1 Å². The van der Waals surface area contributed by atoms with Crippen LogP contribution >= 0.6 is 0 Å². The second-order valence-corrected chi connectivity index (χ2v) is 11.5. The largest absolute Gasteiger partial charge is 0.416 e. The maximum atomic E-state index is 13.7. The minimum Gasteiger partial charge on any atom is -0.383 e. The Labute approximate surface area is 243 Å². The number of nitrogens with zero attached hydrogens (tertiary/aromatic N) is 2. The number of alkyl halides is 3. The molecule has 1 amide bonds. The van der Waals surface area contributed by atoms with Crippen molar-refractivity contribution in [3.8, 4) is 0 Å². The first-order chi connectivity index (χ1) is 20.1. The highest BCUT2D eigenvalue weighted by Crippen LogP contribution is 2.29. The number of halogens is 3. The number of aromatic nitrogens is 1. The van der Waals surface area contributed by atoms with Crippen LogP contribution in [0.4, 0.5) is 13.2 Å². The van der Waals surface area contributed by atoms with E-state index >= 15 is 0 Å². The second-order valence-electron chi connectivity index (χ2n) is 9.70. The van der Waals surface area contributed by atoms with E-state index in [4.69, 9.17) is 4.74 Å². The van der Waals surface area contributed by atoms with Crippen LogP contribution in [-0.4, -0.2) is 61.9 Å². The second kappa shape index (κ2) is 13.8. The number of hydrogen-bond donors (Lipinski definition) is 1. The molecule has 0 saturated heterocycles. The Morgan fingerprint density at radius 2 is 1.64 bits per heavy atom. The van der Waals surface area contributed by atoms with Crippen LogP contribution in [0.5, 0.6) is 0 Å². The van der Waals surface area contributed by atoms with Gasteiger partial charge in [0.1, 0.15) is 0 Å². The first-order valence-electron chi connectivity index (χ1n) is 13.3. The number of sulfonamides is 1. The third-order valence-electron chi connectivity index (χ3n) is 6.78. The fraction of sp³-hybridized carbons (Fsp3) is 0.258. The summed E-state index contributed by atoms with van der Waals surface area (Å²) in [4.78, 5) is 18.3. The van der Waals surface area contributed by atoms with Crippen LogP contribution in [0.25, 0.3) is 17.0 Å². The van der Waals surface area contributed by atoms with Crippen molar-refractivity contribution in [3.05, 3.63) is 113 Å².